The number of aliphatic hydroxyl groups excluding tert-OH is 2. The van der Waals surface area contributed by atoms with E-state index < -0.39 is 6.10 Å². The minimum absolute atomic E-state index is 0.113. The van der Waals surface area contributed by atoms with Crippen molar-refractivity contribution in [2.45, 2.75) is 26.1 Å². The van der Waals surface area contributed by atoms with E-state index in [0.717, 1.165) is 0 Å². The molecule has 0 bridgehead atoms. The lowest BCUT2D eigenvalue weighted by Gasteiger charge is -2.16. The minimum atomic E-state index is -0.531. The highest BCUT2D eigenvalue weighted by atomic mass is 16.5. The fraction of sp³-hybridized carbons (Fsp3) is 0.500. The molecule has 0 radical (unpaired) electrons. The zero-order chi connectivity index (χ0) is 12.8. The molecule has 17 heavy (non-hydrogen) atoms. The number of hydrogen-bond donors (Lipinski definition) is 3. The highest BCUT2D eigenvalue weighted by Crippen LogP contribution is 2.35. The number of nitrogens with two attached hydrogens (primary N) is 1. The van der Waals surface area contributed by atoms with Crippen LogP contribution in [0.3, 0.4) is 0 Å². The summed E-state index contributed by atoms with van der Waals surface area (Å²) in [5, 5.41) is 18.5. The van der Waals surface area contributed by atoms with Gasteiger partial charge in [0.05, 0.1) is 25.5 Å². The first-order valence-electron chi connectivity index (χ1n) is 5.50. The number of hydrogen-bond acceptors (Lipinski definition) is 5. The summed E-state index contributed by atoms with van der Waals surface area (Å²) >= 11 is 0. The summed E-state index contributed by atoms with van der Waals surface area (Å²) in [6.45, 7) is 1.91. The van der Waals surface area contributed by atoms with E-state index in [0.29, 0.717) is 29.2 Å². The first-order valence-corrected chi connectivity index (χ1v) is 5.50. The van der Waals surface area contributed by atoms with Crippen LogP contribution in [0, 0.1) is 0 Å². The zero-order valence-electron chi connectivity index (χ0n) is 10.1. The van der Waals surface area contributed by atoms with Crippen LogP contribution in [0.5, 0.6) is 11.5 Å². The second-order valence-corrected chi connectivity index (χ2v) is 3.75. The standard InChI is InChI=1S/C12H19NO4/c1-3-9(15)7-17-12-10(13)4-8(6-14)5-11(12)16-2/h4-5,9,14-15H,3,6-7,13H2,1-2H3. The maximum atomic E-state index is 9.43. The van der Waals surface area contributed by atoms with Crippen LogP contribution in [0.1, 0.15) is 18.9 Å². The largest absolute Gasteiger partial charge is 0.493 e. The average molecular weight is 241 g/mol. The number of methoxy groups -OCH3 is 1. The molecule has 5 nitrogen and oxygen atoms in total. The molecular formula is C12H19NO4. The number of rotatable bonds is 6. The van der Waals surface area contributed by atoms with E-state index in [2.05, 4.69) is 0 Å². The molecule has 4 N–H and O–H groups in total. The van der Waals surface area contributed by atoms with E-state index in [-0.39, 0.29) is 13.2 Å². The molecule has 1 unspecified atom stereocenters. The molecule has 0 aromatic heterocycles. The maximum absolute atomic E-state index is 9.43. The zero-order valence-corrected chi connectivity index (χ0v) is 10.1. The van der Waals surface area contributed by atoms with E-state index >= 15 is 0 Å². The van der Waals surface area contributed by atoms with Crippen molar-refractivity contribution in [3.8, 4) is 11.5 Å². The van der Waals surface area contributed by atoms with Gasteiger partial charge in [-0.25, -0.2) is 0 Å². The highest BCUT2D eigenvalue weighted by molar-refractivity contribution is 5.62. The Bertz CT molecular complexity index is 368. The summed E-state index contributed by atoms with van der Waals surface area (Å²) in [6.07, 6.45) is 0.0772. The third kappa shape index (κ3) is 3.51. The lowest BCUT2D eigenvalue weighted by Crippen LogP contribution is -2.17. The first-order chi connectivity index (χ1) is 8.12. The van der Waals surface area contributed by atoms with E-state index in [4.69, 9.17) is 20.3 Å². The van der Waals surface area contributed by atoms with Crippen molar-refractivity contribution in [3.63, 3.8) is 0 Å². The summed E-state index contributed by atoms with van der Waals surface area (Å²) in [5.74, 6) is 0.856. The topological polar surface area (TPSA) is 84.9 Å². The Morgan fingerprint density at radius 3 is 2.65 bits per heavy atom. The van der Waals surface area contributed by atoms with Crippen molar-refractivity contribution in [1.82, 2.24) is 0 Å². The average Bonchev–Trinajstić information content (AvgIpc) is 2.35. The van der Waals surface area contributed by atoms with Gasteiger partial charge in [-0.1, -0.05) is 6.92 Å². The second-order valence-electron chi connectivity index (χ2n) is 3.75. The molecule has 0 amide bonds. The van der Waals surface area contributed by atoms with Crippen molar-refractivity contribution >= 4 is 5.69 Å². The molecule has 0 saturated heterocycles. The van der Waals surface area contributed by atoms with Gasteiger partial charge in [0.2, 0.25) is 0 Å². The van der Waals surface area contributed by atoms with Gasteiger partial charge in [0, 0.05) is 0 Å². The van der Waals surface area contributed by atoms with Crippen LogP contribution in [0.15, 0.2) is 12.1 Å². The Labute approximate surface area is 101 Å². The number of benzene rings is 1. The third-order valence-corrected chi connectivity index (χ3v) is 2.44. The smallest absolute Gasteiger partial charge is 0.184 e. The number of ether oxygens (including phenoxy) is 2. The quantitative estimate of drug-likeness (QED) is 0.645. The molecule has 0 aliphatic rings. The molecule has 96 valence electrons. The summed E-state index contributed by atoms with van der Waals surface area (Å²) < 4.78 is 10.6. The van der Waals surface area contributed by atoms with E-state index in [9.17, 15) is 5.11 Å². The molecule has 0 aliphatic heterocycles. The van der Waals surface area contributed by atoms with E-state index in [1.54, 1.807) is 12.1 Å². The number of anilines is 1. The Hall–Kier alpha value is -1.46. The molecule has 0 spiro atoms. The monoisotopic (exact) mass is 241 g/mol. The van der Waals surface area contributed by atoms with Crippen LogP contribution in [0.4, 0.5) is 5.69 Å². The molecule has 0 fully saturated rings. The van der Waals surface area contributed by atoms with Crippen molar-refractivity contribution in [2.24, 2.45) is 0 Å². The normalized spacial score (nSPS) is 12.2. The fourth-order valence-electron chi connectivity index (χ4n) is 1.38. The molecule has 1 rings (SSSR count). The van der Waals surface area contributed by atoms with Crippen molar-refractivity contribution in [1.29, 1.82) is 0 Å². The van der Waals surface area contributed by atoms with Crippen molar-refractivity contribution in [3.05, 3.63) is 17.7 Å². The van der Waals surface area contributed by atoms with Crippen LogP contribution in [-0.2, 0) is 6.61 Å². The molecule has 1 aromatic rings. The second kappa shape index (κ2) is 6.32. The van der Waals surface area contributed by atoms with Crippen LogP contribution < -0.4 is 15.2 Å². The lowest BCUT2D eigenvalue weighted by molar-refractivity contribution is 0.103. The van der Waals surface area contributed by atoms with Gasteiger partial charge >= 0.3 is 0 Å². The first kappa shape index (κ1) is 13.6. The van der Waals surface area contributed by atoms with Crippen LogP contribution >= 0.6 is 0 Å². The molecule has 5 heteroatoms. The predicted octanol–water partition coefficient (Wildman–Crippen LogP) is 0.919. The van der Waals surface area contributed by atoms with Crippen molar-refractivity contribution in [2.75, 3.05) is 19.5 Å². The SMILES string of the molecule is CCC(O)COc1c(N)cc(CO)cc1OC. The molecule has 0 saturated carbocycles. The summed E-state index contributed by atoms with van der Waals surface area (Å²) in [4.78, 5) is 0. The summed E-state index contributed by atoms with van der Waals surface area (Å²) in [6, 6.07) is 3.28. The Morgan fingerprint density at radius 1 is 1.41 bits per heavy atom. The van der Waals surface area contributed by atoms with Gasteiger partial charge in [-0.2, -0.15) is 0 Å². The third-order valence-electron chi connectivity index (χ3n) is 2.44. The van der Waals surface area contributed by atoms with Gasteiger partial charge in [-0.05, 0) is 24.1 Å². The molecule has 1 aromatic carbocycles. The Balaban J connectivity index is 2.89. The molecule has 0 heterocycles. The van der Waals surface area contributed by atoms with Gasteiger partial charge in [0.15, 0.2) is 11.5 Å². The number of aliphatic hydroxyl groups is 2. The van der Waals surface area contributed by atoms with Gasteiger partial charge in [0.1, 0.15) is 6.61 Å². The highest BCUT2D eigenvalue weighted by Gasteiger charge is 2.12. The van der Waals surface area contributed by atoms with Crippen LogP contribution in [-0.4, -0.2) is 30.0 Å². The van der Waals surface area contributed by atoms with Gasteiger partial charge in [-0.3, -0.25) is 0 Å². The molecule has 1 atom stereocenters. The summed E-state index contributed by atoms with van der Waals surface area (Å²) in [7, 11) is 1.50. The molecular weight excluding hydrogens is 222 g/mol. The van der Waals surface area contributed by atoms with Gasteiger partial charge in [-0.15, -0.1) is 0 Å². The lowest BCUT2D eigenvalue weighted by atomic mass is 10.2. The van der Waals surface area contributed by atoms with Crippen molar-refractivity contribution < 1.29 is 19.7 Å². The van der Waals surface area contributed by atoms with Crippen LogP contribution in [0.25, 0.3) is 0 Å². The maximum Gasteiger partial charge on any atom is 0.184 e. The van der Waals surface area contributed by atoms with E-state index in [1.165, 1.54) is 7.11 Å². The minimum Gasteiger partial charge on any atom is -0.493 e. The predicted molar refractivity (Wildman–Crippen MR) is 65.1 cm³/mol. The van der Waals surface area contributed by atoms with Gasteiger partial charge < -0.3 is 25.4 Å². The Kier molecular flexibility index (Phi) is 5.06. The van der Waals surface area contributed by atoms with E-state index in [1.807, 2.05) is 6.92 Å². The molecule has 0 aliphatic carbocycles. The number of nitrogen functional groups attached to an aromatic ring is 1. The van der Waals surface area contributed by atoms with Crippen LogP contribution in [0.2, 0.25) is 0 Å². The Morgan fingerprint density at radius 2 is 2.12 bits per heavy atom. The summed E-state index contributed by atoms with van der Waals surface area (Å²) in [5.41, 5.74) is 6.84. The fourth-order valence-corrected chi connectivity index (χ4v) is 1.38. The van der Waals surface area contributed by atoms with Gasteiger partial charge in [0.25, 0.3) is 0 Å².